The summed E-state index contributed by atoms with van der Waals surface area (Å²) in [6.07, 6.45) is 0.622. The van der Waals surface area contributed by atoms with Gasteiger partial charge in [-0.25, -0.2) is 0 Å². The molecule has 0 bridgehead atoms. The van der Waals surface area contributed by atoms with Crippen LogP contribution in [0.15, 0.2) is 54.6 Å². The van der Waals surface area contributed by atoms with Crippen molar-refractivity contribution >= 4 is 5.91 Å². The average Bonchev–Trinajstić information content (AvgIpc) is 3.11. The van der Waals surface area contributed by atoms with Crippen LogP contribution in [-0.2, 0) is 9.53 Å². The summed E-state index contributed by atoms with van der Waals surface area (Å²) < 4.78 is 11.1. The number of hydrogen-bond acceptors (Lipinski definition) is 4. The van der Waals surface area contributed by atoms with Gasteiger partial charge in [-0.3, -0.25) is 4.79 Å². The second kappa shape index (κ2) is 8.14. The first kappa shape index (κ1) is 17.5. The third-order valence-electron chi connectivity index (χ3n) is 4.56. The summed E-state index contributed by atoms with van der Waals surface area (Å²) in [5.41, 5.74) is 1.99. The minimum absolute atomic E-state index is 0.0299. The zero-order valence-corrected chi connectivity index (χ0v) is 14.3. The van der Waals surface area contributed by atoms with E-state index in [1.165, 1.54) is 0 Å². The Labute approximate surface area is 147 Å². The van der Waals surface area contributed by atoms with Crippen LogP contribution in [-0.4, -0.2) is 54.9 Å². The van der Waals surface area contributed by atoms with Crippen molar-refractivity contribution in [1.29, 1.82) is 0 Å². The second-order valence-corrected chi connectivity index (χ2v) is 6.13. The van der Waals surface area contributed by atoms with E-state index in [9.17, 15) is 9.90 Å². The molecule has 25 heavy (non-hydrogen) atoms. The lowest BCUT2D eigenvalue weighted by atomic mass is 10.1. The summed E-state index contributed by atoms with van der Waals surface area (Å²) in [6, 6.07) is 17.4. The number of para-hydroxylation sites is 1. The number of ether oxygens (including phenoxy) is 2. The van der Waals surface area contributed by atoms with Crippen molar-refractivity contribution in [2.45, 2.75) is 18.6 Å². The number of carbonyl (C=O) groups is 1. The van der Waals surface area contributed by atoms with Crippen LogP contribution in [0.4, 0.5) is 0 Å². The first-order valence-corrected chi connectivity index (χ1v) is 8.43. The third kappa shape index (κ3) is 4.00. The highest BCUT2D eigenvalue weighted by Gasteiger charge is 2.34. The predicted octanol–water partition coefficient (Wildman–Crippen LogP) is 2.34. The van der Waals surface area contributed by atoms with E-state index < -0.39 is 0 Å². The van der Waals surface area contributed by atoms with E-state index in [2.05, 4.69) is 0 Å². The van der Waals surface area contributed by atoms with E-state index in [-0.39, 0.29) is 31.3 Å². The van der Waals surface area contributed by atoms with Gasteiger partial charge in [0.15, 0.2) is 6.61 Å². The third-order valence-corrected chi connectivity index (χ3v) is 4.56. The molecule has 0 aliphatic carbocycles. The number of likely N-dealkylation sites (tertiary alicyclic amines) is 1. The Bertz CT molecular complexity index is 704. The molecular formula is C20H23NO4. The monoisotopic (exact) mass is 341 g/mol. The minimum Gasteiger partial charge on any atom is -0.483 e. The quantitative estimate of drug-likeness (QED) is 0.876. The van der Waals surface area contributed by atoms with Crippen LogP contribution in [0.3, 0.4) is 0 Å². The molecule has 2 aromatic rings. The SMILES string of the molecule is CO[C@H]1C[C@@H](CO)N(C(=O)COc2ccccc2-c2ccccc2)C1. The van der Waals surface area contributed by atoms with Crippen LogP contribution in [0.25, 0.3) is 11.1 Å². The molecule has 1 fully saturated rings. The van der Waals surface area contributed by atoms with Gasteiger partial charge >= 0.3 is 0 Å². The van der Waals surface area contributed by atoms with Gasteiger partial charge in [0, 0.05) is 19.2 Å². The van der Waals surface area contributed by atoms with Crippen LogP contribution in [0.2, 0.25) is 0 Å². The number of amides is 1. The topological polar surface area (TPSA) is 59.0 Å². The molecule has 2 aromatic carbocycles. The van der Waals surface area contributed by atoms with Gasteiger partial charge in [-0.05, 0) is 18.1 Å². The summed E-state index contributed by atoms with van der Waals surface area (Å²) in [4.78, 5) is 14.2. The molecule has 1 amide bonds. The Hall–Kier alpha value is -2.37. The van der Waals surface area contributed by atoms with Crippen molar-refractivity contribution in [2.24, 2.45) is 0 Å². The van der Waals surface area contributed by atoms with Crippen LogP contribution in [0.5, 0.6) is 5.75 Å². The van der Waals surface area contributed by atoms with Crippen molar-refractivity contribution in [3.8, 4) is 16.9 Å². The number of methoxy groups -OCH3 is 1. The maximum atomic E-state index is 12.5. The summed E-state index contributed by atoms with van der Waals surface area (Å²) >= 11 is 0. The normalized spacial score (nSPS) is 19.8. The van der Waals surface area contributed by atoms with E-state index in [0.717, 1.165) is 11.1 Å². The number of benzene rings is 2. The zero-order valence-electron chi connectivity index (χ0n) is 14.3. The van der Waals surface area contributed by atoms with E-state index in [1.54, 1.807) is 12.0 Å². The van der Waals surface area contributed by atoms with E-state index in [4.69, 9.17) is 9.47 Å². The Morgan fingerprint density at radius 2 is 1.88 bits per heavy atom. The lowest BCUT2D eigenvalue weighted by Crippen LogP contribution is -2.40. The summed E-state index contributed by atoms with van der Waals surface area (Å²) in [5, 5.41) is 9.49. The molecule has 5 nitrogen and oxygen atoms in total. The van der Waals surface area contributed by atoms with Gasteiger partial charge in [0.1, 0.15) is 5.75 Å². The molecule has 1 N–H and O–H groups in total. The van der Waals surface area contributed by atoms with Crippen molar-refractivity contribution in [3.63, 3.8) is 0 Å². The standard InChI is InChI=1S/C20H23NO4/c1-24-17-11-16(13-22)21(12-17)20(23)14-25-19-10-6-5-9-18(19)15-7-3-2-4-8-15/h2-10,16-17,22H,11-14H2,1H3/t16-,17-/m0/s1. The maximum Gasteiger partial charge on any atom is 0.260 e. The van der Waals surface area contributed by atoms with Gasteiger partial charge in [-0.15, -0.1) is 0 Å². The number of aliphatic hydroxyl groups is 1. The average molecular weight is 341 g/mol. The van der Waals surface area contributed by atoms with Crippen LogP contribution in [0.1, 0.15) is 6.42 Å². The van der Waals surface area contributed by atoms with Crippen LogP contribution in [0, 0.1) is 0 Å². The molecule has 132 valence electrons. The molecule has 1 heterocycles. The van der Waals surface area contributed by atoms with E-state index in [0.29, 0.717) is 18.7 Å². The fraction of sp³-hybridized carbons (Fsp3) is 0.350. The highest BCUT2D eigenvalue weighted by molar-refractivity contribution is 5.79. The smallest absolute Gasteiger partial charge is 0.260 e. The van der Waals surface area contributed by atoms with E-state index in [1.807, 2.05) is 54.6 Å². The molecule has 0 unspecified atom stereocenters. The fourth-order valence-electron chi connectivity index (χ4n) is 3.19. The van der Waals surface area contributed by atoms with Gasteiger partial charge in [0.2, 0.25) is 0 Å². The maximum absolute atomic E-state index is 12.5. The van der Waals surface area contributed by atoms with Gasteiger partial charge in [-0.1, -0.05) is 48.5 Å². The molecular weight excluding hydrogens is 318 g/mol. The molecule has 1 aliphatic heterocycles. The lowest BCUT2D eigenvalue weighted by Gasteiger charge is -2.23. The first-order valence-electron chi connectivity index (χ1n) is 8.43. The molecule has 0 aromatic heterocycles. The minimum atomic E-state index is -0.203. The van der Waals surface area contributed by atoms with Gasteiger partial charge in [0.25, 0.3) is 5.91 Å². The summed E-state index contributed by atoms with van der Waals surface area (Å²) in [7, 11) is 1.62. The Balaban J connectivity index is 1.69. The molecule has 0 saturated carbocycles. The molecule has 2 atom stereocenters. The van der Waals surface area contributed by atoms with Crippen molar-refractivity contribution in [1.82, 2.24) is 4.90 Å². The number of hydrogen-bond donors (Lipinski definition) is 1. The molecule has 0 spiro atoms. The first-order chi connectivity index (χ1) is 12.2. The summed E-state index contributed by atoms with van der Waals surface area (Å²) in [5.74, 6) is 0.534. The Morgan fingerprint density at radius 3 is 2.60 bits per heavy atom. The van der Waals surface area contributed by atoms with Gasteiger partial charge < -0.3 is 19.5 Å². The van der Waals surface area contributed by atoms with Crippen LogP contribution >= 0.6 is 0 Å². The van der Waals surface area contributed by atoms with E-state index >= 15 is 0 Å². The number of carbonyl (C=O) groups excluding carboxylic acids is 1. The fourth-order valence-corrected chi connectivity index (χ4v) is 3.19. The van der Waals surface area contributed by atoms with Gasteiger partial charge in [-0.2, -0.15) is 0 Å². The van der Waals surface area contributed by atoms with Crippen molar-refractivity contribution in [2.75, 3.05) is 26.9 Å². The highest BCUT2D eigenvalue weighted by atomic mass is 16.5. The van der Waals surface area contributed by atoms with Crippen molar-refractivity contribution < 1.29 is 19.4 Å². The molecule has 1 saturated heterocycles. The number of rotatable bonds is 6. The molecule has 3 rings (SSSR count). The lowest BCUT2D eigenvalue weighted by molar-refractivity contribution is -0.135. The van der Waals surface area contributed by atoms with Crippen LogP contribution < -0.4 is 4.74 Å². The zero-order chi connectivity index (χ0) is 17.6. The molecule has 0 radical (unpaired) electrons. The number of aliphatic hydroxyl groups excluding tert-OH is 1. The predicted molar refractivity (Wildman–Crippen MR) is 95.4 cm³/mol. The summed E-state index contributed by atoms with van der Waals surface area (Å²) in [6.45, 7) is 0.368. The Morgan fingerprint density at radius 1 is 1.16 bits per heavy atom. The second-order valence-electron chi connectivity index (χ2n) is 6.13. The Kier molecular flexibility index (Phi) is 5.68. The highest BCUT2D eigenvalue weighted by Crippen LogP contribution is 2.29. The number of nitrogens with zero attached hydrogens (tertiary/aromatic N) is 1. The van der Waals surface area contributed by atoms with Crippen molar-refractivity contribution in [3.05, 3.63) is 54.6 Å². The largest absolute Gasteiger partial charge is 0.483 e. The van der Waals surface area contributed by atoms with Gasteiger partial charge in [0.05, 0.1) is 18.8 Å². The molecule has 5 heteroatoms. The molecule has 1 aliphatic rings.